The molecule has 9 nitrogen and oxygen atoms in total. The first-order valence-corrected chi connectivity index (χ1v) is 8.94. The summed E-state index contributed by atoms with van der Waals surface area (Å²) < 4.78 is 10.4. The molecule has 1 aromatic rings. The van der Waals surface area contributed by atoms with Crippen LogP contribution in [0.3, 0.4) is 0 Å². The van der Waals surface area contributed by atoms with Crippen molar-refractivity contribution in [2.24, 2.45) is 0 Å². The molecule has 0 spiro atoms. The maximum Gasteiger partial charge on any atom is 0.329 e. The zero-order chi connectivity index (χ0) is 19.2. The number of hydrogen-bond donors (Lipinski definition) is 2. The summed E-state index contributed by atoms with van der Waals surface area (Å²) in [6.45, 7) is 4.34. The van der Waals surface area contributed by atoms with E-state index in [0.29, 0.717) is 31.2 Å². The highest BCUT2D eigenvalue weighted by molar-refractivity contribution is 6.22. The number of ether oxygens (including phenoxy) is 2. The molecule has 2 N–H and O–H groups in total. The number of carbonyl (C=O) groups excluding carboxylic acids is 3. The Morgan fingerprint density at radius 2 is 1.96 bits per heavy atom. The fraction of sp³-hybridized carbons (Fsp3) is 0.500. The van der Waals surface area contributed by atoms with Gasteiger partial charge >= 0.3 is 6.03 Å². The summed E-state index contributed by atoms with van der Waals surface area (Å²) >= 11 is 0. The number of imide groups is 1. The smallest absolute Gasteiger partial charge is 0.329 e. The molecule has 2 aliphatic rings. The molecule has 0 unspecified atom stereocenters. The monoisotopic (exact) mass is 376 g/mol. The molecule has 0 bridgehead atoms. The average molecular weight is 376 g/mol. The van der Waals surface area contributed by atoms with Crippen molar-refractivity contribution in [2.45, 2.75) is 12.5 Å². The van der Waals surface area contributed by atoms with Gasteiger partial charge in [0.1, 0.15) is 11.8 Å². The van der Waals surface area contributed by atoms with Gasteiger partial charge in [-0.1, -0.05) is 0 Å². The molecule has 27 heavy (non-hydrogen) atoms. The van der Waals surface area contributed by atoms with E-state index in [0.717, 1.165) is 24.5 Å². The van der Waals surface area contributed by atoms with E-state index in [9.17, 15) is 14.4 Å². The van der Waals surface area contributed by atoms with E-state index in [1.54, 1.807) is 24.3 Å². The lowest BCUT2D eigenvalue weighted by atomic mass is 10.2. The second-order valence-electron chi connectivity index (χ2n) is 6.38. The van der Waals surface area contributed by atoms with Crippen LogP contribution in [0.5, 0.6) is 5.75 Å². The van der Waals surface area contributed by atoms with Gasteiger partial charge in [0.25, 0.3) is 5.91 Å². The highest BCUT2D eigenvalue weighted by Gasteiger charge is 2.40. The number of methoxy groups -OCH3 is 1. The van der Waals surface area contributed by atoms with Crippen LogP contribution in [0.4, 0.5) is 10.5 Å². The van der Waals surface area contributed by atoms with Crippen molar-refractivity contribution in [1.29, 1.82) is 0 Å². The molecule has 3 rings (SSSR count). The summed E-state index contributed by atoms with van der Waals surface area (Å²) in [6, 6.07) is 5.20. The number of rotatable bonds is 7. The van der Waals surface area contributed by atoms with Crippen LogP contribution in [0.15, 0.2) is 24.3 Å². The Morgan fingerprint density at radius 3 is 2.63 bits per heavy atom. The summed E-state index contributed by atoms with van der Waals surface area (Å²) in [4.78, 5) is 40.1. The van der Waals surface area contributed by atoms with Gasteiger partial charge in [-0.15, -0.1) is 0 Å². The largest absolute Gasteiger partial charge is 0.497 e. The number of benzene rings is 1. The molecule has 4 amide bonds. The topological polar surface area (TPSA) is 100 Å². The lowest BCUT2D eigenvalue weighted by molar-refractivity contribution is -0.125. The zero-order valence-electron chi connectivity index (χ0n) is 15.3. The number of morpholine rings is 1. The number of anilines is 1. The van der Waals surface area contributed by atoms with Crippen LogP contribution < -0.4 is 20.3 Å². The Hall–Kier alpha value is -2.65. The molecule has 1 aromatic carbocycles. The maximum atomic E-state index is 12.5. The predicted molar refractivity (Wildman–Crippen MR) is 97.7 cm³/mol. The van der Waals surface area contributed by atoms with Crippen molar-refractivity contribution in [2.75, 3.05) is 51.4 Å². The molecule has 146 valence electrons. The highest BCUT2D eigenvalue weighted by Crippen LogP contribution is 2.23. The molecule has 2 fully saturated rings. The molecular formula is C18H24N4O5. The molecule has 0 saturated carbocycles. The molecule has 2 saturated heterocycles. The minimum absolute atomic E-state index is 0.0830. The normalized spacial score (nSPS) is 20.5. The summed E-state index contributed by atoms with van der Waals surface area (Å²) in [5.74, 6) is -0.0750. The van der Waals surface area contributed by atoms with Crippen molar-refractivity contribution in [1.82, 2.24) is 15.5 Å². The Kier molecular flexibility index (Phi) is 6.25. The van der Waals surface area contributed by atoms with Crippen LogP contribution in [0.2, 0.25) is 0 Å². The van der Waals surface area contributed by atoms with Crippen LogP contribution in [0, 0.1) is 0 Å². The van der Waals surface area contributed by atoms with Gasteiger partial charge in [0.05, 0.1) is 32.4 Å². The molecular weight excluding hydrogens is 352 g/mol. The first kappa shape index (κ1) is 19.1. The number of nitrogens with one attached hydrogen (secondary N) is 2. The predicted octanol–water partition coefficient (Wildman–Crippen LogP) is -0.0415. The minimum Gasteiger partial charge on any atom is -0.497 e. The Labute approximate surface area is 157 Å². The Balaban J connectivity index is 1.49. The second kappa shape index (κ2) is 8.83. The van der Waals surface area contributed by atoms with Crippen molar-refractivity contribution >= 4 is 23.5 Å². The molecule has 0 aromatic heterocycles. The average Bonchev–Trinajstić information content (AvgIpc) is 2.96. The fourth-order valence-corrected chi connectivity index (χ4v) is 3.08. The van der Waals surface area contributed by atoms with Gasteiger partial charge in [0.15, 0.2) is 0 Å². The van der Waals surface area contributed by atoms with Crippen LogP contribution in [-0.4, -0.2) is 75.3 Å². The van der Waals surface area contributed by atoms with E-state index in [2.05, 4.69) is 15.5 Å². The number of urea groups is 1. The summed E-state index contributed by atoms with van der Waals surface area (Å²) in [5.41, 5.74) is 0.438. The van der Waals surface area contributed by atoms with E-state index in [1.165, 1.54) is 7.11 Å². The van der Waals surface area contributed by atoms with Crippen LogP contribution >= 0.6 is 0 Å². The standard InChI is InChI=1S/C18H24N4O5/c1-26-14-4-2-13(3-5-14)22-17(24)15(20-18(22)25)12-16(23)19-6-7-21-8-10-27-11-9-21/h2-5,15H,6-12H2,1H3,(H,19,23)(H,20,25)/t15-/m1/s1. The van der Waals surface area contributed by atoms with E-state index in [4.69, 9.17) is 9.47 Å². The quantitative estimate of drug-likeness (QED) is 0.648. The second-order valence-corrected chi connectivity index (χ2v) is 6.38. The van der Waals surface area contributed by atoms with Gasteiger partial charge in [-0.2, -0.15) is 0 Å². The molecule has 2 heterocycles. The third-order valence-corrected chi connectivity index (χ3v) is 4.59. The van der Waals surface area contributed by atoms with Crippen LogP contribution in [0.25, 0.3) is 0 Å². The number of amides is 4. The van der Waals surface area contributed by atoms with Gasteiger partial charge in [-0.25, -0.2) is 9.69 Å². The van der Waals surface area contributed by atoms with Crippen LogP contribution in [0.1, 0.15) is 6.42 Å². The lowest BCUT2D eigenvalue weighted by Crippen LogP contribution is -2.42. The molecule has 9 heteroatoms. The van der Waals surface area contributed by atoms with E-state index in [1.807, 2.05) is 0 Å². The Bertz CT molecular complexity index is 687. The fourth-order valence-electron chi connectivity index (χ4n) is 3.08. The minimum atomic E-state index is -0.858. The molecule has 1 atom stereocenters. The van der Waals surface area contributed by atoms with Gasteiger partial charge in [0.2, 0.25) is 5.91 Å². The third kappa shape index (κ3) is 4.75. The summed E-state index contributed by atoms with van der Waals surface area (Å²) in [6.07, 6.45) is -0.0830. The SMILES string of the molecule is COc1ccc(N2C(=O)N[C@H](CC(=O)NCCN3CCOCC3)C2=O)cc1. The van der Waals surface area contributed by atoms with Gasteiger partial charge in [-0.05, 0) is 24.3 Å². The van der Waals surface area contributed by atoms with E-state index >= 15 is 0 Å². The van der Waals surface area contributed by atoms with Gasteiger partial charge in [0, 0.05) is 26.2 Å². The highest BCUT2D eigenvalue weighted by atomic mass is 16.5. The molecule has 0 aliphatic carbocycles. The summed E-state index contributed by atoms with van der Waals surface area (Å²) in [7, 11) is 1.54. The van der Waals surface area contributed by atoms with E-state index < -0.39 is 18.0 Å². The third-order valence-electron chi connectivity index (χ3n) is 4.59. The van der Waals surface area contributed by atoms with E-state index in [-0.39, 0.29) is 12.3 Å². The number of carbonyl (C=O) groups is 3. The number of nitrogens with zero attached hydrogens (tertiary/aromatic N) is 2. The molecule has 2 aliphatic heterocycles. The Morgan fingerprint density at radius 1 is 1.26 bits per heavy atom. The first-order chi connectivity index (χ1) is 13.1. The van der Waals surface area contributed by atoms with Crippen LogP contribution in [-0.2, 0) is 14.3 Å². The van der Waals surface area contributed by atoms with Gasteiger partial charge in [-0.3, -0.25) is 14.5 Å². The van der Waals surface area contributed by atoms with Crippen molar-refractivity contribution < 1.29 is 23.9 Å². The van der Waals surface area contributed by atoms with Crippen molar-refractivity contribution in [3.05, 3.63) is 24.3 Å². The molecule has 0 radical (unpaired) electrons. The maximum absolute atomic E-state index is 12.5. The van der Waals surface area contributed by atoms with Gasteiger partial charge < -0.3 is 20.1 Å². The number of hydrogen-bond acceptors (Lipinski definition) is 6. The van der Waals surface area contributed by atoms with Crippen molar-refractivity contribution in [3.8, 4) is 5.75 Å². The first-order valence-electron chi connectivity index (χ1n) is 8.94. The van der Waals surface area contributed by atoms with Crippen molar-refractivity contribution in [3.63, 3.8) is 0 Å². The zero-order valence-corrected chi connectivity index (χ0v) is 15.3. The summed E-state index contributed by atoms with van der Waals surface area (Å²) in [5, 5.41) is 5.37. The lowest BCUT2D eigenvalue weighted by Gasteiger charge is -2.26.